The number of esters is 1. The minimum Gasteiger partial charge on any atom is -0.508 e. The number of aromatic hydroxyl groups is 1. The lowest BCUT2D eigenvalue weighted by Crippen LogP contribution is -2.19. The second kappa shape index (κ2) is 3.93. The van der Waals surface area contributed by atoms with Gasteiger partial charge in [0.2, 0.25) is 0 Å². The average Bonchev–Trinajstić information content (AvgIpc) is 2.26. The first-order chi connectivity index (χ1) is 7.22. The van der Waals surface area contributed by atoms with Gasteiger partial charge in [-0.1, -0.05) is 6.07 Å². The van der Waals surface area contributed by atoms with Gasteiger partial charge >= 0.3 is 5.97 Å². The molecular weight excluding hydrogens is 192 g/mol. The number of hydrogen-bond acceptors (Lipinski definition) is 3. The first-order valence-corrected chi connectivity index (χ1v) is 5.12. The van der Waals surface area contributed by atoms with Gasteiger partial charge in [0.1, 0.15) is 5.75 Å². The minimum atomic E-state index is -0.179. The molecule has 1 aromatic carbocycles. The van der Waals surface area contributed by atoms with E-state index in [-0.39, 0.29) is 17.6 Å². The first-order valence-electron chi connectivity index (χ1n) is 5.12. The van der Waals surface area contributed by atoms with Crippen LogP contribution in [-0.2, 0) is 16.0 Å². The highest BCUT2D eigenvalue weighted by Crippen LogP contribution is 2.34. The SMILES string of the molecule is COC(=O)[C@@H]1CCCc2cc(O)ccc21. The molecule has 1 N–H and O–H groups in total. The summed E-state index contributed by atoms with van der Waals surface area (Å²) in [6.45, 7) is 0. The zero-order valence-corrected chi connectivity index (χ0v) is 8.69. The Labute approximate surface area is 88.7 Å². The molecule has 0 amide bonds. The van der Waals surface area contributed by atoms with Crippen molar-refractivity contribution in [3.05, 3.63) is 29.3 Å². The Morgan fingerprint density at radius 3 is 3.07 bits per heavy atom. The van der Waals surface area contributed by atoms with Crippen LogP contribution in [0.3, 0.4) is 0 Å². The fraction of sp³-hybridized carbons (Fsp3) is 0.417. The number of phenolic OH excluding ortho intramolecular Hbond substituents is 1. The van der Waals surface area contributed by atoms with E-state index < -0.39 is 0 Å². The number of hydrogen-bond donors (Lipinski definition) is 1. The lowest BCUT2D eigenvalue weighted by molar-refractivity contribution is -0.142. The molecule has 0 saturated carbocycles. The minimum absolute atomic E-state index is 0.153. The van der Waals surface area contributed by atoms with E-state index in [1.807, 2.05) is 6.07 Å². The van der Waals surface area contributed by atoms with Gasteiger partial charge in [-0.05, 0) is 42.5 Å². The normalized spacial score (nSPS) is 19.4. The van der Waals surface area contributed by atoms with E-state index in [1.165, 1.54) is 7.11 Å². The largest absolute Gasteiger partial charge is 0.508 e. The Morgan fingerprint density at radius 2 is 2.33 bits per heavy atom. The zero-order chi connectivity index (χ0) is 10.8. The number of rotatable bonds is 1. The third kappa shape index (κ3) is 1.82. The molecule has 1 atom stereocenters. The average molecular weight is 206 g/mol. The van der Waals surface area contributed by atoms with Crippen molar-refractivity contribution in [1.29, 1.82) is 0 Å². The van der Waals surface area contributed by atoms with Crippen LogP contribution in [-0.4, -0.2) is 18.2 Å². The molecule has 1 aliphatic carbocycles. The lowest BCUT2D eigenvalue weighted by atomic mass is 9.83. The van der Waals surface area contributed by atoms with E-state index in [0.717, 1.165) is 30.4 Å². The smallest absolute Gasteiger partial charge is 0.313 e. The maximum Gasteiger partial charge on any atom is 0.313 e. The number of aryl methyl sites for hydroxylation is 1. The number of phenols is 1. The van der Waals surface area contributed by atoms with Gasteiger partial charge in [0.25, 0.3) is 0 Å². The van der Waals surface area contributed by atoms with Crippen LogP contribution >= 0.6 is 0 Å². The highest BCUT2D eigenvalue weighted by molar-refractivity contribution is 5.79. The third-order valence-corrected chi connectivity index (χ3v) is 2.93. The molecule has 2 rings (SSSR count). The number of methoxy groups -OCH3 is 1. The standard InChI is InChI=1S/C12H14O3/c1-15-12(14)11-4-2-3-8-7-9(13)5-6-10(8)11/h5-7,11,13H,2-4H2,1H3/t11-/m1/s1. The summed E-state index contributed by atoms with van der Waals surface area (Å²) in [5, 5.41) is 9.35. The van der Waals surface area contributed by atoms with Crippen LogP contribution in [0.15, 0.2) is 18.2 Å². The zero-order valence-electron chi connectivity index (χ0n) is 8.69. The van der Waals surface area contributed by atoms with Gasteiger partial charge in [-0.15, -0.1) is 0 Å². The molecule has 0 unspecified atom stereocenters. The van der Waals surface area contributed by atoms with E-state index in [4.69, 9.17) is 4.74 Å². The van der Waals surface area contributed by atoms with Crippen LogP contribution in [0.2, 0.25) is 0 Å². The van der Waals surface area contributed by atoms with Crippen molar-refractivity contribution >= 4 is 5.97 Å². The number of ether oxygens (including phenoxy) is 1. The molecule has 0 saturated heterocycles. The van der Waals surface area contributed by atoms with Gasteiger partial charge in [-0.3, -0.25) is 4.79 Å². The van der Waals surface area contributed by atoms with Crippen molar-refractivity contribution in [2.45, 2.75) is 25.2 Å². The summed E-state index contributed by atoms with van der Waals surface area (Å²) < 4.78 is 4.78. The Balaban J connectivity index is 2.38. The van der Waals surface area contributed by atoms with Crippen molar-refractivity contribution in [1.82, 2.24) is 0 Å². The van der Waals surface area contributed by atoms with Crippen molar-refractivity contribution in [2.24, 2.45) is 0 Å². The van der Waals surface area contributed by atoms with Crippen LogP contribution in [0.1, 0.15) is 29.9 Å². The summed E-state index contributed by atoms with van der Waals surface area (Å²) in [5.74, 6) is -0.0692. The predicted molar refractivity (Wildman–Crippen MR) is 55.8 cm³/mol. The molecule has 80 valence electrons. The number of carbonyl (C=O) groups excluding carboxylic acids is 1. The van der Waals surface area contributed by atoms with E-state index in [1.54, 1.807) is 12.1 Å². The van der Waals surface area contributed by atoms with Gasteiger partial charge < -0.3 is 9.84 Å². The molecule has 0 spiro atoms. The van der Waals surface area contributed by atoms with Gasteiger partial charge in [0.05, 0.1) is 13.0 Å². The van der Waals surface area contributed by atoms with Crippen LogP contribution in [0.25, 0.3) is 0 Å². The molecule has 0 aromatic heterocycles. The van der Waals surface area contributed by atoms with Crippen LogP contribution in [0, 0.1) is 0 Å². The summed E-state index contributed by atoms with van der Waals surface area (Å²) >= 11 is 0. The molecule has 15 heavy (non-hydrogen) atoms. The molecule has 3 nitrogen and oxygen atoms in total. The highest BCUT2D eigenvalue weighted by atomic mass is 16.5. The second-order valence-electron chi connectivity index (χ2n) is 3.85. The summed E-state index contributed by atoms with van der Waals surface area (Å²) in [5.41, 5.74) is 2.07. The molecular formula is C12H14O3. The summed E-state index contributed by atoms with van der Waals surface area (Å²) in [6, 6.07) is 5.19. The van der Waals surface area contributed by atoms with Gasteiger partial charge in [0, 0.05) is 0 Å². The topological polar surface area (TPSA) is 46.5 Å². The van der Waals surface area contributed by atoms with E-state index >= 15 is 0 Å². The number of carbonyl (C=O) groups is 1. The molecule has 3 heteroatoms. The lowest BCUT2D eigenvalue weighted by Gasteiger charge is -2.23. The molecule has 1 aromatic rings. The quantitative estimate of drug-likeness (QED) is 0.715. The molecule has 1 aliphatic rings. The molecule has 0 heterocycles. The van der Waals surface area contributed by atoms with E-state index in [0.29, 0.717) is 0 Å². The van der Waals surface area contributed by atoms with Crippen LogP contribution in [0.5, 0.6) is 5.75 Å². The Hall–Kier alpha value is -1.51. The fourth-order valence-electron chi connectivity index (χ4n) is 2.19. The van der Waals surface area contributed by atoms with E-state index in [9.17, 15) is 9.90 Å². The summed E-state index contributed by atoms with van der Waals surface area (Å²) in [7, 11) is 1.41. The van der Waals surface area contributed by atoms with Crippen molar-refractivity contribution in [3.8, 4) is 5.75 Å². The van der Waals surface area contributed by atoms with Gasteiger partial charge in [-0.25, -0.2) is 0 Å². The fourth-order valence-corrected chi connectivity index (χ4v) is 2.19. The van der Waals surface area contributed by atoms with E-state index in [2.05, 4.69) is 0 Å². The molecule has 0 bridgehead atoms. The van der Waals surface area contributed by atoms with Crippen molar-refractivity contribution < 1.29 is 14.6 Å². The van der Waals surface area contributed by atoms with Gasteiger partial charge in [-0.2, -0.15) is 0 Å². The molecule has 0 fully saturated rings. The monoisotopic (exact) mass is 206 g/mol. The maximum absolute atomic E-state index is 11.5. The van der Waals surface area contributed by atoms with Crippen molar-refractivity contribution in [3.63, 3.8) is 0 Å². The Morgan fingerprint density at radius 1 is 1.53 bits per heavy atom. The number of benzene rings is 1. The first kappa shape index (κ1) is 10.0. The Kier molecular flexibility index (Phi) is 2.62. The molecule has 0 aliphatic heterocycles. The van der Waals surface area contributed by atoms with Crippen molar-refractivity contribution in [2.75, 3.05) is 7.11 Å². The Bertz CT molecular complexity index is 384. The maximum atomic E-state index is 11.5. The van der Waals surface area contributed by atoms with Gasteiger partial charge in [0.15, 0.2) is 0 Å². The molecule has 0 radical (unpaired) electrons. The van der Waals surface area contributed by atoms with Crippen LogP contribution < -0.4 is 0 Å². The second-order valence-corrected chi connectivity index (χ2v) is 3.85. The highest BCUT2D eigenvalue weighted by Gasteiger charge is 2.27. The number of fused-ring (bicyclic) bond motifs is 1. The summed E-state index contributed by atoms with van der Waals surface area (Å²) in [6.07, 6.45) is 2.73. The van der Waals surface area contributed by atoms with Crippen LogP contribution in [0.4, 0.5) is 0 Å². The predicted octanol–water partition coefficient (Wildman–Crippen LogP) is 1.99. The summed E-state index contributed by atoms with van der Waals surface area (Å²) in [4.78, 5) is 11.5. The third-order valence-electron chi connectivity index (χ3n) is 2.93.